The van der Waals surface area contributed by atoms with E-state index in [0.717, 1.165) is 17.7 Å². The maximum atomic E-state index is 11.6. The summed E-state index contributed by atoms with van der Waals surface area (Å²) in [6.45, 7) is 0. The minimum absolute atomic E-state index is 0.0215. The molecule has 1 N–H and O–H groups in total. The van der Waals surface area contributed by atoms with Gasteiger partial charge in [-0.2, -0.15) is 0 Å². The lowest BCUT2D eigenvalue weighted by Gasteiger charge is -2.30. The summed E-state index contributed by atoms with van der Waals surface area (Å²) in [7, 11) is -3.00. The summed E-state index contributed by atoms with van der Waals surface area (Å²) in [4.78, 5) is 0.833. The SMILES string of the molecule is CS(=O)(=O)C1CCCC(C(O)c2ccc(Cl)s2)C1. The molecule has 1 fully saturated rings. The average molecular weight is 309 g/mol. The first-order valence-corrected chi connectivity index (χ1v) is 9.15. The van der Waals surface area contributed by atoms with Crippen LogP contribution in [0.15, 0.2) is 12.1 Å². The number of thiophene rings is 1. The molecule has 1 aliphatic rings. The molecular formula is C12H17ClO3S2. The van der Waals surface area contributed by atoms with Gasteiger partial charge in [-0.1, -0.05) is 18.0 Å². The van der Waals surface area contributed by atoms with Gasteiger partial charge in [0.15, 0.2) is 0 Å². The summed E-state index contributed by atoms with van der Waals surface area (Å²) in [6.07, 6.45) is 3.70. The third kappa shape index (κ3) is 3.26. The number of hydrogen-bond donors (Lipinski definition) is 1. The Morgan fingerprint density at radius 2 is 2.17 bits per heavy atom. The molecular weight excluding hydrogens is 292 g/mol. The minimum Gasteiger partial charge on any atom is -0.387 e. The summed E-state index contributed by atoms with van der Waals surface area (Å²) >= 11 is 7.22. The summed E-state index contributed by atoms with van der Waals surface area (Å²) in [5.41, 5.74) is 0. The van der Waals surface area contributed by atoms with Crippen LogP contribution in [0.25, 0.3) is 0 Å². The van der Waals surface area contributed by atoms with Crippen molar-refractivity contribution in [3.05, 3.63) is 21.3 Å². The number of sulfone groups is 1. The fourth-order valence-corrected chi connectivity index (χ4v) is 4.91. The van der Waals surface area contributed by atoms with Gasteiger partial charge in [-0.3, -0.25) is 0 Å². The predicted molar refractivity (Wildman–Crippen MR) is 74.9 cm³/mol. The van der Waals surface area contributed by atoms with Crippen molar-refractivity contribution in [2.75, 3.05) is 6.26 Å². The van der Waals surface area contributed by atoms with Crippen molar-refractivity contribution in [3.8, 4) is 0 Å². The highest BCUT2D eigenvalue weighted by Crippen LogP contribution is 2.39. The Balaban J connectivity index is 2.09. The molecule has 1 aromatic heterocycles. The van der Waals surface area contributed by atoms with Crippen LogP contribution in [0, 0.1) is 5.92 Å². The molecule has 0 amide bonds. The van der Waals surface area contributed by atoms with Crippen LogP contribution in [-0.4, -0.2) is 25.0 Å². The zero-order valence-corrected chi connectivity index (χ0v) is 12.6. The molecule has 3 unspecified atom stereocenters. The fraction of sp³-hybridized carbons (Fsp3) is 0.667. The molecule has 3 atom stereocenters. The third-order valence-corrected chi connectivity index (χ3v) is 6.55. The van der Waals surface area contributed by atoms with Gasteiger partial charge in [0.1, 0.15) is 9.84 Å². The quantitative estimate of drug-likeness (QED) is 0.933. The highest BCUT2D eigenvalue weighted by Gasteiger charge is 2.33. The molecule has 0 radical (unpaired) electrons. The van der Waals surface area contributed by atoms with Crippen LogP contribution in [0.3, 0.4) is 0 Å². The monoisotopic (exact) mass is 308 g/mol. The van der Waals surface area contributed by atoms with E-state index in [1.807, 2.05) is 6.07 Å². The molecule has 1 aliphatic carbocycles. The number of halogens is 1. The van der Waals surface area contributed by atoms with E-state index in [-0.39, 0.29) is 11.2 Å². The third-order valence-electron chi connectivity index (χ3n) is 3.60. The molecule has 0 aromatic carbocycles. The predicted octanol–water partition coefficient (Wildman–Crippen LogP) is 3.04. The molecule has 1 heterocycles. The molecule has 18 heavy (non-hydrogen) atoms. The molecule has 1 saturated carbocycles. The van der Waals surface area contributed by atoms with Gasteiger partial charge in [-0.25, -0.2) is 8.42 Å². The minimum atomic E-state index is -3.00. The van der Waals surface area contributed by atoms with Crippen molar-refractivity contribution in [1.29, 1.82) is 0 Å². The Hall–Kier alpha value is -0.100. The molecule has 0 bridgehead atoms. The Labute approximate surface area is 117 Å². The zero-order chi connectivity index (χ0) is 13.3. The van der Waals surface area contributed by atoms with Gasteiger partial charge < -0.3 is 5.11 Å². The lowest BCUT2D eigenvalue weighted by atomic mass is 9.84. The van der Waals surface area contributed by atoms with Crippen molar-refractivity contribution in [2.45, 2.75) is 37.0 Å². The van der Waals surface area contributed by atoms with Crippen molar-refractivity contribution < 1.29 is 13.5 Å². The van der Waals surface area contributed by atoms with Gasteiger partial charge in [-0.15, -0.1) is 11.3 Å². The van der Waals surface area contributed by atoms with Crippen LogP contribution in [-0.2, 0) is 9.84 Å². The second kappa shape index (κ2) is 5.49. The number of aliphatic hydroxyl groups excluding tert-OH is 1. The van der Waals surface area contributed by atoms with Crippen molar-refractivity contribution in [1.82, 2.24) is 0 Å². The summed E-state index contributed by atoms with van der Waals surface area (Å²) in [5, 5.41) is 9.99. The molecule has 3 nitrogen and oxygen atoms in total. The molecule has 1 aromatic rings. The van der Waals surface area contributed by atoms with Crippen LogP contribution in [0.5, 0.6) is 0 Å². The maximum absolute atomic E-state index is 11.6. The molecule has 0 aliphatic heterocycles. The summed E-state index contributed by atoms with van der Waals surface area (Å²) in [5.74, 6) is 0.0215. The lowest BCUT2D eigenvalue weighted by Crippen LogP contribution is -2.30. The first-order valence-electron chi connectivity index (χ1n) is 6.00. The van der Waals surface area contributed by atoms with Gasteiger partial charge in [0.05, 0.1) is 15.7 Å². The largest absolute Gasteiger partial charge is 0.387 e. The van der Waals surface area contributed by atoms with E-state index in [0.29, 0.717) is 17.2 Å². The van der Waals surface area contributed by atoms with E-state index in [9.17, 15) is 13.5 Å². The number of aliphatic hydroxyl groups is 1. The lowest BCUT2D eigenvalue weighted by molar-refractivity contribution is 0.0888. The average Bonchev–Trinajstić information content (AvgIpc) is 2.74. The second-order valence-corrected chi connectivity index (χ2v) is 9.04. The van der Waals surface area contributed by atoms with Crippen molar-refractivity contribution in [2.24, 2.45) is 5.92 Å². The Morgan fingerprint density at radius 1 is 1.44 bits per heavy atom. The van der Waals surface area contributed by atoms with Crippen LogP contribution in [0.4, 0.5) is 0 Å². The van der Waals surface area contributed by atoms with Gasteiger partial charge >= 0.3 is 0 Å². The van der Waals surface area contributed by atoms with Crippen LogP contribution < -0.4 is 0 Å². The first-order chi connectivity index (χ1) is 8.38. The second-order valence-electron chi connectivity index (χ2n) is 4.96. The molecule has 0 spiro atoms. The Morgan fingerprint density at radius 3 is 2.72 bits per heavy atom. The van der Waals surface area contributed by atoms with Crippen molar-refractivity contribution >= 4 is 32.8 Å². The maximum Gasteiger partial charge on any atom is 0.150 e. The number of hydrogen-bond acceptors (Lipinski definition) is 4. The van der Waals surface area contributed by atoms with E-state index >= 15 is 0 Å². The Kier molecular flexibility index (Phi) is 4.36. The first kappa shape index (κ1) is 14.3. The zero-order valence-electron chi connectivity index (χ0n) is 10.2. The van der Waals surface area contributed by atoms with E-state index < -0.39 is 15.9 Å². The number of rotatable bonds is 3. The summed E-state index contributed by atoms with van der Waals surface area (Å²) in [6, 6.07) is 3.59. The molecule has 2 rings (SSSR count). The van der Waals surface area contributed by atoms with Crippen LogP contribution >= 0.6 is 22.9 Å². The van der Waals surface area contributed by atoms with Crippen LogP contribution in [0.1, 0.15) is 36.7 Å². The highest BCUT2D eigenvalue weighted by molar-refractivity contribution is 7.91. The fourth-order valence-electron chi connectivity index (χ4n) is 2.58. The van der Waals surface area contributed by atoms with Crippen molar-refractivity contribution in [3.63, 3.8) is 0 Å². The van der Waals surface area contributed by atoms with Crippen LogP contribution in [0.2, 0.25) is 4.34 Å². The smallest absolute Gasteiger partial charge is 0.150 e. The van der Waals surface area contributed by atoms with Gasteiger partial charge in [0.25, 0.3) is 0 Å². The highest BCUT2D eigenvalue weighted by atomic mass is 35.5. The molecule has 6 heteroatoms. The van der Waals surface area contributed by atoms with Gasteiger partial charge in [0, 0.05) is 11.1 Å². The molecule has 102 valence electrons. The van der Waals surface area contributed by atoms with Gasteiger partial charge in [0.2, 0.25) is 0 Å². The molecule has 0 saturated heterocycles. The van der Waals surface area contributed by atoms with E-state index in [4.69, 9.17) is 11.6 Å². The van der Waals surface area contributed by atoms with Gasteiger partial charge in [-0.05, 0) is 37.3 Å². The normalized spacial score (nSPS) is 27.1. The Bertz CT molecular complexity index is 509. The standard InChI is InChI=1S/C12H17ClO3S2/c1-18(15,16)9-4-2-3-8(7-9)12(14)10-5-6-11(13)17-10/h5-6,8-9,12,14H,2-4,7H2,1H3. The summed E-state index contributed by atoms with van der Waals surface area (Å²) < 4.78 is 23.8. The van der Waals surface area contributed by atoms with E-state index in [2.05, 4.69) is 0 Å². The topological polar surface area (TPSA) is 54.4 Å². The van der Waals surface area contributed by atoms with E-state index in [1.54, 1.807) is 6.07 Å². The van der Waals surface area contributed by atoms with E-state index in [1.165, 1.54) is 17.6 Å².